The van der Waals surface area contributed by atoms with E-state index < -0.39 is 0 Å². The molecule has 4 N–H and O–H groups in total. The van der Waals surface area contributed by atoms with Crippen molar-refractivity contribution in [2.75, 3.05) is 6.54 Å². The first-order chi connectivity index (χ1) is 16.5. The van der Waals surface area contributed by atoms with Crippen molar-refractivity contribution in [3.63, 3.8) is 0 Å². The second-order valence-corrected chi connectivity index (χ2v) is 9.66. The highest BCUT2D eigenvalue weighted by Gasteiger charge is 2.26. The molecular weight excluding hydrogens is 453 g/mol. The van der Waals surface area contributed by atoms with Crippen molar-refractivity contribution in [1.82, 2.24) is 21.3 Å². The first-order valence-corrected chi connectivity index (χ1v) is 12.3. The number of aliphatic imine (C=N–C) groups is 1. The summed E-state index contributed by atoms with van der Waals surface area (Å²) in [5.74, 6) is 0.134. The molecule has 1 aliphatic carbocycles. The second kappa shape index (κ2) is 9.99. The summed E-state index contributed by atoms with van der Waals surface area (Å²) in [5.41, 5.74) is 1.78. The molecule has 2 aromatic rings. The first-order valence-electron chi connectivity index (χ1n) is 11.5. The molecule has 1 saturated carbocycles. The SMILES string of the molecule is O=C1NC(=O)/C(=C/C2=CCNC(N[C@H]3CC[C@H](NCc4ccc(F)c5ccccc45)CC3)=N2)S1. The molecule has 0 spiro atoms. The molecule has 0 atom stereocenters. The number of carbonyl (C=O) groups is 2. The Kier molecular flexibility index (Phi) is 6.64. The Labute approximate surface area is 201 Å². The maximum atomic E-state index is 14.1. The van der Waals surface area contributed by atoms with Crippen LogP contribution in [-0.2, 0) is 11.3 Å². The number of amides is 2. The molecule has 0 radical (unpaired) electrons. The van der Waals surface area contributed by atoms with Crippen LogP contribution in [0.3, 0.4) is 0 Å². The minimum atomic E-state index is -0.376. The molecule has 2 aromatic carbocycles. The number of nitrogens with one attached hydrogen (secondary N) is 4. The molecule has 7 nitrogen and oxygen atoms in total. The van der Waals surface area contributed by atoms with Crippen LogP contribution in [0.15, 0.2) is 64.1 Å². The van der Waals surface area contributed by atoms with Gasteiger partial charge in [-0.05, 0) is 66.6 Å². The van der Waals surface area contributed by atoms with Gasteiger partial charge in [-0.2, -0.15) is 0 Å². The van der Waals surface area contributed by atoms with Gasteiger partial charge in [-0.25, -0.2) is 9.38 Å². The van der Waals surface area contributed by atoms with E-state index in [9.17, 15) is 14.0 Å². The molecule has 1 saturated heterocycles. The van der Waals surface area contributed by atoms with Crippen LogP contribution < -0.4 is 21.3 Å². The van der Waals surface area contributed by atoms with Crippen LogP contribution in [0.1, 0.15) is 31.2 Å². The van der Waals surface area contributed by atoms with E-state index in [0.717, 1.165) is 48.4 Å². The lowest BCUT2D eigenvalue weighted by atomic mass is 9.91. The zero-order chi connectivity index (χ0) is 23.5. The first kappa shape index (κ1) is 22.6. The number of halogens is 1. The molecule has 2 fully saturated rings. The number of hydrogen-bond donors (Lipinski definition) is 4. The summed E-state index contributed by atoms with van der Waals surface area (Å²) < 4.78 is 14.1. The monoisotopic (exact) mass is 479 g/mol. The Morgan fingerprint density at radius 1 is 1.06 bits per heavy atom. The summed E-state index contributed by atoms with van der Waals surface area (Å²) in [6, 6.07) is 11.8. The molecule has 176 valence electrons. The molecular formula is C25H26FN5O2S. The van der Waals surface area contributed by atoms with Gasteiger partial charge in [-0.1, -0.05) is 30.3 Å². The fourth-order valence-electron chi connectivity index (χ4n) is 4.56. The van der Waals surface area contributed by atoms with E-state index in [-0.39, 0.29) is 17.0 Å². The third-order valence-electron chi connectivity index (χ3n) is 6.35. The highest BCUT2D eigenvalue weighted by atomic mass is 32.2. The summed E-state index contributed by atoms with van der Waals surface area (Å²) in [6.45, 7) is 1.32. The van der Waals surface area contributed by atoms with Crippen LogP contribution in [0.5, 0.6) is 0 Å². The van der Waals surface area contributed by atoms with Gasteiger partial charge in [0.15, 0.2) is 5.96 Å². The van der Waals surface area contributed by atoms with E-state index in [1.807, 2.05) is 36.4 Å². The number of hydrogen-bond acceptors (Lipinski definition) is 7. The van der Waals surface area contributed by atoms with Gasteiger partial charge in [-0.3, -0.25) is 14.9 Å². The number of benzene rings is 2. The molecule has 9 heteroatoms. The number of imide groups is 1. The number of fused-ring (bicyclic) bond motifs is 1. The van der Waals surface area contributed by atoms with E-state index >= 15 is 0 Å². The molecule has 0 unspecified atom stereocenters. The molecule has 3 aliphatic rings. The van der Waals surface area contributed by atoms with Gasteiger partial charge in [0.05, 0.1) is 10.6 Å². The Morgan fingerprint density at radius 3 is 2.59 bits per heavy atom. The van der Waals surface area contributed by atoms with Gasteiger partial charge < -0.3 is 16.0 Å². The number of rotatable bonds is 5. The molecule has 2 heterocycles. The minimum Gasteiger partial charge on any atom is -0.353 e. The number of allylic oxidation sites excluding steroid dienone is 1. The van der Waals surface area contributed by atoms with Gasteiger partial charge in [0.25, 0.3) is 11.1 Å². The standard InChI is InChI=1S/C25H26FN5O2S/c26-21-10-5-15(19-3-1-2-4-20(19)21)14-28-16-6-8-17(9-7-16)29-24-27-12-11-18(30-24)13-22-23(32)31-25(33)34-22/h1-5,10-11,13,16-17,28H,6-9,12,14H2,(H2,27,29,30)(H,31,32,33)/b22-13-/t16-,17-. The Hall–Kier alpha value is -3.17. The van der Waals surface area contributed by atoms with Crippen LogP contribution in [-0.4, -0.2) is 35.7 Å². The molecule has 5 rings (SSSR count). The van der Waals surface area contributed by atoms with Crippen molar-refractivity contribution in [2.24, 2.45) is 4.99 Å². The van der Waals surface area contributed by atoms with E-state index in [1.54, 1.807) is 12.1 Å². The normalized spacial score (nSPS) is 24.0. The quantitative estimate of drug-likeness (QED) is 0.489. The maximum absolute atomic E-state index is 14.1. The van der Waals surface area contributed by atoms with E-state index in [4.69, 9.17) is 0 Å². The van der Waals surface area contributed by atoms with E-state index in [0.29, 0.717) is 47.1 Å². The zero-order valence-corrected chi connectivity index (χ0v) is 19.4. The van der Waals surface area contributed by atoms with Crippen LogP contribution in [0.4, 0.5) is 9.18 Å². The number of guanidine groups is 1. The van der Waals surface area contributed by atoms with Gasteiger partial charge >= 0.3 is 0 Å². The third-order valence-corrected chi connectivity index (χ3v) is 7.16. The summed E-state index contributed by atoms with van der Waals surface area (Å²) in [6.07, 6.45) is 7.62. The van der Waals surface area contributed by atoms with Crippen molar-refractivity contribution in [1.29, 1.82) is 0 Å². The Morgan fingerprint density at radius 2 is 1.82 bits per heavy atom. The average Bonchev–Trinajstić information content (AvgIpc) is 3.16. The lowest BCUT2D eigenvalue weighted by Crippen LogP contribution is -2.47. The number of carbonyl (C=O) groups excluding carboxylic acids is 2. The summed E-state index contributed by atoms with van der Waals surface area (Å²) in [7, 11) is 0. The molecule has 2 aliphatic heterocycles. The number of nitrogens with zero attached hydrogens (tertiary/aromatic N) is 1. The smallest absolute Gasteiger partial charge is 0.290 e. The average molecular weight is 480 g/mol. The summed E-state index contributed by atoms with van der Waals surface area (Å²) in [5, 5.41) is 13.9. The fraction of sp³-hybridized carbons (Fsp3) is 0.320. The van der Waals surface area contributed by atoms with Crippen molar-refractivity contribution >= 4 is 39.6 Å². The van der Waals surface area contributed by atoms with Gasteiger partial charge in [0.2, 0.25) is 0 Å². The number of thioether (sulfide) groups is 1. The van der Waals surface area contributed by atoms with Crippen molar-refractivity contribution in [3.8, 4) is 0 Å². The fourth-order valence-corrected chi connectivity index (χ4v) is 5.23. The Balaban J connectivity index is 1.13. The summed E-state index contributed by atoms with van der Waals surface area (Å²) >= 11 is 0.894. The lowest BCUT2D eigenvalue weighted by Gasteiger charge is -2.31. The topological polar surface area (TPSA) is 94.6 Å². The second-order valence-electron chi connectivity index (χ2n) is 8.65. The molecule has 0 aromatic heterocycles. The largest absolute Gasteiger partial charge is 0.353 e. The van der Waals surface area contributed by atoms with Gasteiger partial charge in [-0.15, -0.1) is 0 Å². The van der Waals surface area contributed by atoms with Crippen LogP contribution in [0.2, 0.25) is 0 Å². The molecule has 2 amide bonds. The van der Waals surface area contributed by atoms with Gasteiger partial charge in [0.1, 0.15) is 5.82 Å². The minimum absolute atomic E-state index is 0.182. The van der Waals surface area contributed by atoms with Crippen molar-refractivity contribution < 1.29 is 14.0 Å². The summed E-state index contributed by atoms with van der Waals surface area (Å²) in [4.78, 5) is 28.0. The lowest BCUT2D eigenvalue weighted by molar-refractivity contribution is -0.115. The highest BCUT2D eigenvalue weighted by Crippen LogP contribution is 2.26. The van der Waals surface area contributed by atoms with E-state index in [2.05, 4.69) is 26.3 Å². The Bertz CT molecular complexity index is 1220. The predicted octanol–water partition coefficient (Wildman–Crippen LogP) is 3.68. The van der Waals surface area contributed by atoms with Crippen molar-refractivity contribution in [2.45, 2.75) is 44.3 Å². The van der Waals surface area contributed by atoms with Crippen LogP contribution >= 0.6 is 11.8 Å². The molecule has 34 heavy (non-hydrogen) atoms. The van der Waals surface area contributed by atoms with E-state index in [1.165, 1.54) is 0 Å². The molecule has 0 bridgehead atoms. The van der Waals surface area contributed by atoms with Crippen LogP contribution in [0.25, 0.3) is 10.8 Å². The van der Waals surface area contributed by atoms with Crippen LogP contribution in [0, 0.1) is 5.82 Å². The zero-order valence-electron chi connectivity index (χ0n) is 18.6. The predicted molar refractivity (Wildman–Crippen MR) is 133 cm³/mol. The van der Waals surface area contributed by atoms with Gasteiger partial charge in [0, 0.05) is 30.6 Å². The van der Waals surface area contributed by atoms with Crippen molar-refractivity contribution in [3.05, 3.63) is 70.5 Å². The maximum Gasteiger partial charge on any atom is 0.290 e. The third kappa shape index (κ3) is 5.15. The highest BCUT2D eigenvalue weighted by molar-refractivity contribution is 8.18.